The molecule has 0 aromatic carbocycles. The zero-order valence-electron chi connectivity index (χ0n) is 15.6. The number of fused-ring (bicyclic) bond motifs is 1. The highest BCUT2D eigenvalue weighted by atomic mass is 127. The molecule has 144 valence electrons. The van der Waals surface area contributed by atoms with Gasteiger partial charge in [0.2, 0.25) is 0 Å². The van der Waals surface area contributed by atoms with Crippen molar-refractivity contribution in [3.63, 3.8) is 0 Å². The van der Waals surface area contributed by atoms with E-state index in [1.54, 1.807) is 30.8 Å². The van der Waals surface area contributed by atoms with E-state index < -0.39 is 0 Å². The van der Waals surface area contributed by atoms with Gasteiger partial charge < -0.3 is 14.6 Å². The minimum Gasteiger partial charge on any atom is -0.462 e. The number of pyridine rings is 2. The van der Waals surface area contributed by atoms with E-state index in [2.05, 4.69) is 49.4 Å². The standard InChI is InChI=1S/C21H21IN4O2/c1-13(2)15-12-28-19-6-5-16(24-20(15)19)21(27)25-17-10-23-8-7-18(17)26-9-3-4-14(22)11-26/h5-8,10,12,14H,1,3-4,9,11H2,2H3,(H,25,27)/t14-/m0/s1. The first kappa shape index (κ1) is 18.9. The SMILES string of the molecule is C=C(C)c1coc2ccc(C(=O)Nc3cnccc3N3CCC[C@H](I)C3)nc12. The molecule has 1 aliphatic heterocycles. The Hall–Kier alpha value is -2.42. The summed E-state index contributed by atoms with van der Waals surface area (Å²) in [6, 6.07) is 5.39. The minimum absolute atomic E-state index is 0.270. The van der Waals surface area contributed by atoms with Crippen LogP contribution < -0.4 is 10.2 Å². The number of hydrogen-bond acceptors (Lipinski definition) is 5. The van der Waals surface area contributed by atoms with Crippen LogP contribution in [0.15, 0.2) is 47.9 Å². The first-order valence-corrected chi connectivity index (χ1v) is 10.5. The number of aromatic nitrogens is 2. The Kier molecular flexibility index (Phi) is 5.34. The van der Waals surface area contributed by atoms with E-state index in [9.17, 15) is 4.79 Å². The summed E-state index contributed by atoms with van der Waals surface area (Å²) >= 11 is 2.49. The molecule has 0 saturated carbocycles. The zero-order chi connectivity index (χ0) is 19.7. The van der Waals surface area contributed by atoms with Gasteiger partial charge in [0.05, 0.1) is 17.6 Å². The van der Waals surface area contributed by atoms with Crippen LogP contribution in [0.1, 0.15) is 35.8 Å². The van der Waals surface area contributed by atoms with Crippen LogP contribution in [0.5, 0.6) is 0 Å². The monoisotopic (exact) mass is 488 g/mol. The fourth-order valence-electron chi connectivity index (χ4n) is 3.43. The Morgan fingerprint density at radius 3 is 3.04 bits per heavy atom. The van der Waals surface area contributed by atoms with E-state index in [0.29, 0.717) is 26.4 Å². The fraction of sp³-hybridized carbons (Fsp3) is 0.286. The van der Waals surface area contributed by atoms with Gasteiger partial charge in [-0.25, -0.2) is 4.98 Å². The number of amides is 1. The number of allylic oxidation sites excluding steroid dienone is 1. The highest BCUT2D eigenvalue weighted by molar-refractivity contribution is 14.1. The van der Waals surface area contributed by atoms with Gasteiger partial charge in [-0.05, 0) is 43.5 Å². The molecule has 1 saturated heterocycles. The topological polar surface area (TPSA) is 71.3 Å². The second-order valence-electron chi connectivity index (χ2n) is 7.01. The Morgan fingerprint density at radius 2 is 2.25 bits per heavy atom. The summed E-state index contributed by atoms with van der Waals surface area (Å²) in [5.74, 6) is -0.270. The third-order valence-electron chi connectivity index (χ3n) is 4.86. The number of nitrogens with one attached hydrogen (secondary N) is 1. The van der Waals surface area contributed by atoms with Gasteiger partial charge in [-0.15, -0.1) is 0 Å². The predicted molar refractivity (Wildman–Crippen MR) is 120 cm³/mol. The van der Waals surface area contributed by atoms with Crippen LogP contribution in [0.4, 0.5) is 11.4 Å². The third-order valence-corrected chi connectivity index (χ3v) is 5.88. The molecule has 4 heterocycles. The average Bonchev–Trinajstić information content (AvgIpc) is 3.12. The van der Waals surface area contributed by atoms with E-state index >= 15 is 0 Å². The van der Waals surface area contributed by atoms with E-state index in [1.165, 1.54) is 6.42 Å². The van der Waals surface area contributed by atoms with E-state index in [-0.39, 0.29) is 5.91 Å². The van der Waals surface area contributed by atoms with Gasteiger partial charge in [0.15, 0.2) is 5.58 Å². The molecular weight excluding hydrogens is 467 g/mol. The molecule has 0 aliphatic carbocycles. The molecule has 1 amide bonds. The van der Waals surface area contributed by atoms with Crippen LogP contribution in [-0.2, 0) is 0 Å². The molecule has 6 nitrogen and oxygen atoms in total. The van der Waals surface area contributed by atoms with Crippen molar-refractivity contribution >= 4 is 56.5 Å². The van der Waals surface area contributed by atoms with E-state index in [0.717, 1.165) is 36.3 Å². The number of rotatable bonds is 4. The molecule has 4 rings (SSSR count). The number of furan rings is 1. The molecule has 1 fully saturated rings. The Labute approximate surface area is 177 Å². The smallest absolute Gasteiger partial charge is 0.274 e. The van der Waals surface area contributed by atoms with Crippen LogP contribution in [0.2, 0.25) is 0 Å². The summed E-state index contributed by atoms with van der Waals surface area (Å²) in [5, 5.41) is 2.98. The number of alkyl halides is 1. The highest BCUT2D eigenvalue weighted by Crippen LogP contribution is 2.30. The molecule has 0 spiro atoms. The van der Waals surface area contributed by atoms with E-state index in [4.69, 9.17) is 4.42 Å². The molecular formula is C21H21IN4O2. The van der Waals surface area contributed by atoms with Crippen molar-refractivity contribution in [1.82, 2.24) is 9.97 Å². The second kappa shape index (κ2) is 7.90. The van der Waals surface area contributed by atoms with Gasteiger partial charge in [-0.1, -0.05) is 29.2 Å². The van der Waals surface area contributed by atoms with Crippen molar-refractivity contribution in [2.24, 2.45) is 0 Å². The van der Waals surface area contributed by atoms with Crippen LogP contribution in [0.3, 0.4) is 0 Å². The average molecular weight is 488 g/mol. The maximum absolute atomic E-state index is 12.9. The molecule has 0 unspecified atom stereocenters. The molecule has 1 atom stereocenters. The van der Waals surface area contributed by atoms with Crippen molar-refractivity contribution in [1.29, 1.82) is 0 Å². The molecule has 0 bridgehead atoms. The summed E-state index contributed by atoms with van der Waals surface area (Å²) in [6.07, 6.45) is 7.45. The number of carbonyl (C=O) groups excluding carboxylic acids is 1. The molecule has 7 heteroatoms. The molecule has 0 radical (unpaired) electrons. The first-order valence-electron chi connectivity index (χ1n) is 9.21. The number of nitrogens with zero attached hydrogens (tertiary/aromatic N) is 3. The van der Waals surface area contributed by atoms with Gasteiger partial charge in [0, 0.05) is 28.8 Å². The maximum Gasteiger partial charge on any atom is 0.274 e. The van der Waals surface area contributed by atoms with Gasteiger partial charge in [0.25, 0.3) is 5.91 Å². The maximum atomic E-state index is 12.9. The highest BCUT2D eigenvalue weighted by Gasteiger charge is 2.21. The quantitative estimate of drug-likeness (QED) is 0.418. The van der Waals surface area contributed by atoms with Crippen LogP contribution >= 0.6 is 22.6 Å². The lowest BCUT2D eigenvalue weighted by atomic mass is 10.1. The number of carbonyl (C=O) groups is 1. The second-order valence-corrected chi connectivity index (χ2v) is 8.77. The molecule has 3 aromatic heterocycles. The van der Waals surface area contributed by atoms with Crippen molar-refractivity contribution in [3.05, 3.63) is 54.7 Å². The number of halogens is 1. The predicted octanol–water partition coefficient (Wildman–Crippen LogP) is 4.91. The van der Waals surface area contributed by atoms with Gasteiger partial charge in [-0.2, -0.15) is 0 Å². The van der Waals surface area contributed by atoms with Crippen molar-refractivity contribution in [2.75, 3.05) is 23.3 Å². The Balaban J connectivity index is 1.61. The van der Waals surface area contributed by atoms with Crippen LogP contribution in [-0.4, -0.2) is 32.9 Å². The largest absolute Gasteiger partial charge is 0.462 e. The minimum atomic E-state index is -0.270. The summed E-state index contributed by atoms with van der Waals surface area (Å²) in [7, 11) is 0. The number of piperidine rings is 1. The molecule has 1 N–H and O–H groups in total. The summed E-state index contributed by atoms with van der Waals surface area (Å²) in [5.41, 5.74) is 4.97. The number of anilines is 2. The summed E-state index contributed by atoms with van der Waals surface area (Å²) in [6.45, 7) is 7.78. The lowest BCUT2D eigenvalue weighted by Gasteiger charge is -2.33. The fourth-order valence-corrected chi connectivity index (χ4v) is 4.35. The van der Waals surface area contributed by atoms with Crippen molar-refractivity contribution < 1.29 is 9.21 Å². The summed E-state index contributed by atoms with van der Waals surface area (Å²) in [4.78, 5) is 23.9. The molecule has 1 aliphatic rings. The van der Waals surface area contributed by atoms with Gasteiger partial charge in [0.1, 0.15) is 17.5 Å². The lowest BCUT2D eigenvalue weighted by Crippen LogP contribution is -2.36. The van der Waals surface area contributed by atoms with E-state index in [1.807, 2.05) is 13.0 Å². The van der Waals surface area contributed by atoms with Crippen LogP contribution in [0.25, 0.3) is 16.7 Å². The third kappa shape index (κ3) is 3.76. The van der Waals surface area contributed by atoms with Gasteiger partial charge in [-0.3, -0.25) is 9.78 Å². The zero-order valence-corrected chi connectivity index (χ0v) is 17.8. The lowest BCUT2D eigenvalue weighted by molar-refractivity contribution is 0.102. The first-order chi connectivity index (χ1) is 13.5. The molecule has 3 aromatic rings. The number of hydrogen-bond donors (Lipinski definition) is 1. The molecule has 28 heavy (non-hydrogen) atoms. The van der Waals surface area contributed by atoms with Gasteiger partial charge >= 0.3 is 0 Å². The van der Waals surface area contributed by atoms with Crippen LogP contribution in [0, 0.1) is 0 Å². The van der Waals surface area contributed by atoms with Crippen molar-refractivity contribution in [3.8, 4) is 0 Å². The Morgan fingerprint density at radius 1 is 1.39 bits per heavy atom. The summed E-state index contributed by atoms with van der Waals surface area (Å²) < 4.78 is 6.10. The van der Waals surface area contributed by atoms with Crippen molar-refractivity contribution in [2.45, 2.75) is 23.7 Å². The Bertz CT molecular complexity index is 1050. The normalized spacial score (nSPS) is 16.9.